The molecule has 0 bridgehead atoms. The molecule has 52 valence electrons. The summed E-state index contributed by atoms with van der Waals surface area (Å²) in [6.07, 6.45) is -0.383. The molecule has 5 heteroatoms. The third kappa shape index (κ3) is 7.94. The molecule has 0 aromatic carbocycles. The molecule has 10 heavy (non-hydrogen) atoms. The fourth-order valence-electron chi connectivity index (χ4n) is 0.306. The van der Waals surface area contributed by atoms with Crippen molar-refractivity contribution in [2.24, 2.45) is 0 Å². The summed E-state index contributed by atoms with van der Waals surface area (Å²) >= 11 is 0. The molecule has 0 saturated heterocycles. The first-order valence-electron chi connectivity index (χ1n) is 2.43. The van der Waals surface area contributed by atoms with Gasteiger partial charge in [0.05, 0.1) is 13.5 Å². The first-order chi connectivity index (χ1) is 4.16. The fraction of sp³-hybridized carbons (Fsp3) is 0.600. The molecule has 0 unspecified atom stereocenters. The number of carbonyl (C=O) groups excluding carboxylic acids is 2. The molecule has 0 aromatic rings. The van der Waals surface area contributed by atoms with Gasteiger partial charge in [-0.15, -0.1) is 0 Å². The Morgan fingerprint density at radius 3 is 2.20 bits per heavy atom. The average molecular weight is 154 g/mol. The van der Waals surface area contributed by atoms with Gasteiger partial charge >= 0.3 is 35.5 Å². The smallest absolute Gasteiger partial charge is 0.550 e. The van der Waals surface area contributed by atoms with Crippen LogP contribution in [0.15, 0.2) is 0 Å². The van der Waals surface area contributed by atoms with Crippen molar-refractivity contribution < 1.29 is 49.0 Å². The molecule has 4 nitrogen and oxygen atoms in total. The maximum Gasteiger partial charge on any atom is 1.00 e. The molecule has 0 amide bonds. The van der Waals surface area contributed by atoms with Crippen molar-refractivity contribution in [2.75, 3.05) is 7.11 Å². The van der Waals surface area contributed by atoms with Gasteiger partial charge in [-0.25, -0.2) is 0 Å². The van der Waals surface area contributed by atoms with Gasteiger partial charge in [0.1, 0.15) is 0 Å². The SMILES string of the molecule is COC(=O)CCC(=O)[O-].[Na+]. The monoisotopic (exact) mass is 154 g/mol. The van der Waals surface area contributed by atoms with Crippen LogP contribution in [-0.4, -0.2) is 19.0 Å². The third-order valence-electron chi connectivity index (χ3n) is 0.761. The summed E-state index contributed by atoms with van der Waals surface area (Å²) in [5.41, 5.74) is 0. The van der Waals surface area contributed by atoms with Gasteiger partial charge in [-0.3, -0.25) is 4.79 Å². The molecule has 0 heterocycles. The standard InChI is InChI=1S/C5H8O4.Na/c1-9-5(8)3-2-4(6)7;/h2-3H2,1H3,(H,6,7);/q;+1/p-1. The maximum absolute atomic E-state index is 10.2. The normalized spacial score (nSPS) is 7.70. The van der Waals surface area contributed by atoms with Crippen molar-refractivity contribution in [1.29, 1.82) is 0 Å². The molecule has 0 spiro atoms. The Labute approximate surface area is 80.8 Å². The van der Waals surface area contributed by atoms with Crippen molar-refractivity contribution in [2.45, 2.75) is 12.8 Å². The number of methoxy groups -OCH3 is 1. The van der Waals surface area contributed by atoms with Gasteiger partial charge in [-0.1, -0.05) is 0 Å². The van der Waals surface area contributed by atoms with Crippen LogP contribution < -0.4 is 34.7 Å². The number of ether oxygens (including phenoxy) is 1. The fourth-order valence-corrected chi connectivity index (χ4v) is 0.306. The van der Waals surface area contributed by atoms with Gasteiger partial charge in [0, 0.05) is 5.97 Å². The van der Waals surface area contributed by atoms with Crippen LogP contribution in [-0.2, 0) is 14.3 Å². The molecule has 0 radical (unpaired) electrons. The molecule has 0 saturated carbocycles. The topological polar surface area (TPSA) is 66.4 Å². The molecular formula is C5H7NaO4. The zero-order chi connectivity index (χ0) is 7.28. The number of carboxylic acid groups (broad SMARTS) is 1. The van der Waals surface area contributed by atoms with E-state index in [0.29, 0.717) is 0 Å². The molecule has 0 fully saturated rings. The summed E-state index contributed by atoms with van der Waals surface area (Å²) in [6, 6.07) is 0. The number of rotatable bonds is 3. The number of esters is 1. The Hall–Kier alpha value is -0.0600. The summed E-state index contributed by atoms with van der Waals surface area (Å²) in [7, 11) is 1.21. The zero-order valence-electron chi connectivity index (χ0n) is 6.05. The van der Waals surface area contributed by atoms with E-state index in [-0.39, 0.29) is 42.4 Å². The Bertz CT molecular complexity index is 123. The second kappa shape index (κ2) is 7.05. The summed E-state index contributed by atoms with van der Waals surface area (Å²) in [5, 5.41) is 9.70. The van der Waals surface area contributed by atoms with Crippen molar-refractivity contribution in [3.63, 3.8) is 0 Å². The molecule has 0 N–H and O–H groups in total. The second-order valence-electron chi connectivity index (χ2n) is 1.45. The van der Waals surface area contributed by atoms with Crippen LogP contribution in [0.2, 0.25) is 0 Å². The van der Waals surface area contributed by atoms with E-state index in [1.165, 1.54) is 7.11 Å². The molecule has 0 aliphatic heterocycles. The minimum absolute atomic E-state index is 0. The molecule has 0 aromatic heterocycles. The van der Waals surface area contributed by atoms with E-state index in [9.17, 15) is 14.7 Å². The van der Waals surface area contributed by atoms with E-state index >= 15 is 0 Å². The molecule has 0 rings (SSSR count). The number of carboxylic acids is 1. The van der Waals surface area contributed by atoms with E-state index in [0.717, 1.165) is 0 Å². The van der Waals surface area contributed by atoms with Crippen molar-refractivity contribution >= 4 is 11.9 Å². The van der Waals surface area contributed by atoms with Crippen molar-refractivity contribution in [3.8, 4) is 0 Å². The molecular weight excluding hydrogens is 147 g/mol. The maximum atomic E-state index is 10.2. The average Bonchev–Trinajstić information content (AvgIpc) is 1.83. The van der Waals surface area contributed by atoms with Crippen LogP contribution >= 0.6 is 0 Å². The van der Waals surface area contributed by atoms with Gasteiger partial charge < -0.3 is 14.6 Å². The van der Waals surface area contributed by atoms with Crippen LogP contribution in [0, 0.1) is 0 Å². The summed E-state index contributed by atoms with van der Waals surface area (Å²) in [6.45, 7) is 0. The third-order valence-corrected chi connectivity index (χ3v) is 0.761. The van der Waals surface area contributed by atoms with Gasteiger partial charge in [-0.2, -0.15) is 0 Å². The van der Waals surface area contributed by atoms with Crippen molar-refractivity contribution in [1.82, 2.24) is 0 Å². The minimum atomic E-state index is -1.24. The van der Waals surface area contributed by atoms with Crippen molar-refractivity contribution in [3.05, 3.63) is 0 Å². The van der Waals surface area contributed by atoms with E-state index in [1.54, 1.807) is 0 Å². The Morgan fingerprint density at radius 2 is 1.90 bits per heavy atom. The quantitative estimate of drug-likeness (QED) is 0.304. The van der Waals surface area contributed by atoms with Gasteiger partial charge in [0.2, 0.25) is 0 Å². The van der Waals surface area contributed by atoms with E-state index < -0.39 is 11.9 Å². The Kier molecular flexibility index (Phi) is 8.89. The zero-order valence-corrected chi connectivity index (χ0v) is 8.05. The first-order valence-corrected chi connectivity index (χ1v) is 2.43. The summed E-state index contributed by atoms with van der Waals surface area (Å²) < 4.78 is 4.17. The van der Waals surface area contributed by atoms with Crippen LogP contribution in [0.4, 0.5) is 0 Å². The van der Waals surface area contributed by atoms with Gasteiger partial charge in [-0.05, 0) is 6.42 Å². The predicted molar refractivity (Wildman–Crippen MR) is 26.3 cm³/mol. The van der Waals surface area contributed by atoms with E-state index in [4.69, 9.17) is 0 Å². The largest absolute Gasteiger partial charge is 1.00 e. The summed E-state index contributed by atoms with van der Waals surface area (Å²) in [5.74, 6) is -1.76. The number of hydrogen-bond acceptors (Lipinski definition) is 4. The second-order valence-corrected chi connectivity index (χ2v) is 1.45. The Morgan fingerprint density at radius 1 is 1.40 bits per heavy atom. The molecule has 0 atom stereocenters. The first kappa shape index (κ1) is 12.6. The molecule has 0 aliphatic carbocycles. The van der Waals surface area contributed by atoms with Crippen LogP contribution in [0.5, 0.6) is 0 Å². The van der Waals surface area contributed by atoms with Crippen LogP contribution in [0.25, 0.3) is 0 Å². The van der Waals surface area contributed by atoms with Gasteiger partial charge in [0.15, 0.2) is 0 Å². The van der Waals surface area contributed by atoms with E-state index in [2.05, 4.69) is 4.74 Å². The van der Waals surface area contributed by atoms with E-state index in [1.807, 2.05) is 0 Å². The predicted octanol–water partition coefficient (Wildman–Crippen LogP) is -4.31. The number of carbonyl (C=O) groups is 2. The van der Waals surface area contributed by atoms with Crippen LogP contribution in [0.1, 0.15) is 12.8 Å². The minimum Gasteiger partial charge on any atom is -0.550 e. The number of aliphatic carboxylic acids is 1. The van der Waals surface area contributed by atoms with Crippen LogP contribution in [0.3, 0.4) is 0 Å². The summed E-state index contributed by atoms with van der Waals surface area (Å²) in [4.78, 5) is 19.9. The Balaban J connectivity index is 0. The number of hydrogen-bond donors (Lipinski definition) is 0. The molecule has 0 aliphatic rings. The van der Waals surface area contributed by atoms with Gasteiger partial charge in [0.25, 0.3) is 0 Å².